The molecule has 20 heavy (non-hydrogen) atoms. The Morgan fingerprint density at radius 3 is 2.40 bits per heavy atom. The number of hydrogen-bond acceptors (Lipinski definition) is 3. The first-order valence-corrected chi connectivity index (χ1v) is 8.06. The van der Waals surface area contributed by atoms with Crippen LogP contribution in [0.3, 0.4) is 0 Å². The minimum absolute atomic E-state index is 0.333. The molecule has 0 atom stereocenters. The molecule has 2 heterocycles. The van der Waals surface area contributed by atoms with Crippen molar-refractivity contribution >= 4 is 20.9 Å². The van der Waals surface area contributed by atoms with Crippen molar-refractivity contribution in [2.45, 2.75) is 4.90 Å². The molecule has 3 aromatic rings. The van der Waals surface area contributed by atoms with Crippen LogP contribution >= 0.6 is 0 Å². The van der Waals surface area contributed by atoms with Crippen LogP contribution in [0.1, 0.15) is 0 Å². The second-order valence-corrected chi connectivity index (χ2v) is 6.83. The molecule has 5 heteroatoms. The molecule has 1 aromatic carbocycles. The zero-order chi connectivity index (χ0) is 14.3. The third-order valence-electron chi connectivity index (χ3n) is 3.36. The zero-order valence-electron chi connectivity index (χ0n) is 11.2. The predicted octanol–water partition coefficient (Wildman–Crippen LogP) is 2.64. The Morgan fingerprint density at radius 2 is 1.75 bits per heavy atom. The van der Waals surface area contributed by atoms with Gasteiger partial charge < -0.3 is 4.57 Å². The zero-order valence-corrected chi connectivity index (χ0v) is 12.1. The molecule has 2 aromatic heterocycles. The number of hydrogen-bond donors (Lipinski definition) is 0. The van der Waals surface area contributed by atoms with E-state index in [1.807, 2.05) is 42.1 Å². The molecule has 0 fully saturated rings. The van der Waals surface area contributed by atoms with E-state index in [2.05, 4.69) is 4.98 Å². The van der Waals surface area contributed by atoms with Gasteiger partial charge in [-0.1, -0.05) is 12.1 Å². The average Bonchev–Trinajstić information content (AvgIpc) is 2.80. The summed E-state index contributed by atoms with van der Waals surface area (Å²) in [6.45, 7) is 0. The maximum Gasteiger partial charge on any atom is 0.175 e. The van der Waals surface area contributed by atoms with Crippen molar-refractivity contribution in [1.29, 1.82) is 0 Å². The summed E-state index contributed by atoms with van der Waals surface area (Å²) in [5.74, 6) is 0. The van der Waals surface area contributed by atoms with Crippen LogP contribution in [-0.2, 0) is 16.9 Å². The smallest absolute Gasteiger partial charge is 0.175 e. The molecule has 0 radical (unpaired) electrons. The van der Waals surface area contributed by atoms with Gasteiger partial charge >= 0.3 is 0 Å². The molecule has 0 aliphatic heterocycles. The maximum absolute atomic E-state index is 11.5. The first-order valence-electron chi connectivity index (χ1n) is 6.17. The lowest BCUT2D eigenvalue weighted by atomic mass is 10.0. The molecule has 0 aliphatic rings. The standard InChI is InChI=1S/C15H14N2O2S/c1-17-10-8-14-13(7-9-16-15(14)17)11-3-5-12(6-4-11)20(2,18)19/h3-10H,1-2H3. The van der Waals surface area contributed by atoms with Crippen molar-refractivity contribution in [3.8, 4) is 11.1 Å². The van der Waals surface area contributed by atoms with Gasteiger partial charge in [-0.2, -0.15) is 0 Å². The Bertz CT molecular complexity index is 878. The predicted molar refractivity (Wildman–Crippen MR) is 79.3 cm³/mol. The van der Waals surface area contributed by atoms with Gasteiger partial charge in [0.2, 0.25) is 0 Å². The van der Waals surface area contributed by atoms with Gasteiger partial charge in [-0.05, 0) is 35.4 Å². The summed E-state index contributed by atoms with van der Waals surface area (Å²) >= 11 is 0. The van der Waals surface area contributed by atoms with Gasteiger partial charge in [-0.15, -0.1) is 0 Å². The van der Waals surface area contributed by atoms with Crippen molar-refractivity contribution in [3.05, 3.63) is 48.8 Å². The molecule has 0 N–H and O–H groups in total. The van der Waals surface area contributed by atoms with Crippen molar-refractivity contribution in [1.82, 2.24) is 9.55 Å². The molecular weight excluding hydrogens is 272 g/mol. The average molecular weight is 286 g/mol. The highest BCUT2D eigenvalue weighted by Crippen LogP contribution is 2.28. The third-order valence-corrected chi connectivity index (χ3v) is 4.49. The summed E-state index contributed by atoms with van der Waals surface area (Å²) < 4.78 is 24.9. The third kappa shape index (κ3) is 2.10. The van der Waals surface area contributed by atoms with E-state index >= 15 is 0 Å². The molecule has 0 amide bonds. The molecule has 0 aliphatic carbocycles. The second kappa shape index (κ2) is 4.45. The molecule has 3 rings (SSSR count). The van der Waals surface area contributed by atoms with Crippen LogP contribution in [0, 0.1) is 0 Å². The van der Waals surface area contributed by atoms with E-state index in [1.54, 1.807) is 18.3 Å². The Kier molecular flexibility index (Phi) is 2.87. The van der Waals surface area contributed by atoms with Gasteiger partial charge in [-0.25, -0.2) is 13.4 Å². The number of nitrogens with zero attached hydrogens (tertiary/aromatic N) is 2. The number of benzene rings is 1. The van der Waals surface area contributed by atoms with E-state index in [1.165, 1.54) is 6.26 Å². The van der Waals surface area contributed by atoms with E-state index in [9.17, 15) is 8.42 Å². The molecule has 0 bridgehead atoms. The normalized spacial score (nSPS) is 11.9. The molecular formula is C15H14N2O2S. The Labute approximate surface area is 117 Å². The first kappa shape index (κ1) is 12.9. The fourth-order valence-electron chi connectivity index (χ4n) is 2.30. The molecule has 0 spiro atoms. The van der Waals surface area contributed by atoms with E-state index < -0.39 is 9.84 Å². The first-order chi connectivity index (χ1) is 9.47. The van der Waals surface area contributed by atoms with Gasteiger partial charge in [0.1, 0.15) is 5.65 Å². The minimum Gasteiger partial charge on any atom is -0.336 e. The van der Waals surface area contributed by atoms with E-state index in [0.29, 0.717) is 4.90 Å². The fraction of sp³-hybridized carbons (Fsp3) is 0.133. The van der Waals surface area contributed by atoms with Crippen LogP contribution in [0.2, 0.25) is 0 Å². The summed E-state index contributed by atoms with van der Waals surface area (Å²) in [6.07, 6.45) is 4.94. The van der Waals surface area contributed by atoms with Crippen molar-refractivity contribution in [3.63, 3.8) is 0 Å². The lowest BCUT2D eigenvalue weighted by Gasteiger charge is -2.05. The summed E-state index contributed by atoms with van der Waals surface area (Å²) in [5, 5.41) is 1.06. The number of fused-ring (bicyclic) bond motifs is 1. The van der Waals surface area contributed by atoms with Gasteiger partial charge in [0, 0.05) is 31.1 Å². The van der Waals surface area contributed by atoms with Crippen molar-refractivity contribution in [2.24, 2.45) is 7.05 Å². The topological polar surface area (TPSA) is 52.0 Å². The summed E-state index contributed by atoms with van der Waals surface area (Å²) in [7, 11) is -1.21. The highest BCUT2D eigenvalue weighted by molar-refractivity contribution is 7.90. The fourth-order valence-corrected chi connectivity index (χ4v) is 2.93. The van der Waals surface area contributed by atoms with Gasteiger partial charge in [0.15, 0.2) is 9.84 Å². The number of sulfone groups is 1. The van der Waals surface area contributed by atoms with Crippen molar-refractivity contribution in [2.75, 3.05) is 6.26 Å². The quantitative estimate of drug-likeness (QED) is 0.727. The highest BCUT2D eigenvalue weighted by atomic mass is 32.2. The van der Waals surface area contributed by atoms with E-state index in [0.717, 1.165) is 22.2 Å². The summed E-state index contributed by atoms with van der Waals surface area (Å²) in [5.41, 5.74) is 2.95. The van der Waals surface area contributed by atoms with Gasteiger partial charge in [-0.3, -0.25) is 0 Å². The van der Waals surface area contributed by atoms with Gasteiger partial charge in [0.05, 0.1) is 4.90 Å². The Morgan fingerprint density at radius 1 is 1.05 bits per heavy atom. The van der Waals surface area contributed by atoms with E-state index in [-0.39, 0.29) is 0 Å². The highest BCUT2D eigenvalue weighted by Gasteiger charge is 2.09. The minimum atomic E-state index is -3.16. The maximum atomic E-state index is 11.5. The van der Waals surface area contributed by atoms with E-state index in [4.69, 9.17) is 0 Å². The van der Waals surface area contributed by atoms with Crippen LogP contribution in [0.15, 0.2) is 53.7 Å². The number of aryl methyl sites for hydroxylation is 1. The molecule has 102 valence electrons. The number of rotatable bonds is 2. The second-order valence-electron chi connectivity index (χ2n) is 4.82. The van der Waals surface area contributed by atoms with Crippen LogP contribution in [0.4, 0.5) is 0 Å². The molecule has 0 unspecified atom stereocenters. The molecule has 0 saturated carbocycles. The van der Waals surface area contributed by atoms with Crippen LogP contribution in [0.25, 0.3) is 22.2 Å². The van der Waals surface area contributed by atoms with Crippen LogP contribution in [0.5, 0.6) is 0 Å². The van der Waals surface area contributed by atoms with Crippen molar-refractivity contribution < 1.29 is 8.42 Å². The van der Waals surface area contributed by atoms with Gasteiger partial charge in [0.25, 0.3) is 0 Å². The van der Waals surface area contributed by atoms with Crippen LogP contribution in [-0.4, -0.2) is 24.2 Å². The molecule has 4 nitrogen and oxygen atoms in total. The largest absolute Gasteiger partial charge is 0.336 e. The SMILES string of the molecule is Cn1ccc2c(-c3ccc(S(C)(=O)=O)cc3)ccnc21. The number of aromatic nitrogens is 2. The Balaban J connectivity index is 2.16. The number of pyridine rings is 1. The Hall–Kier alpha value is -2.14. The lowest BCUT2D eigenvalue weighted by molar-refractivity contribution is 0.602. The molecule has 0 saturated heterocycles. The van der Waals surface area contributed by atoms with Crippen LogP contribution < -0.4 is 0 Å². The lowest BCUT2D eigenvalue weighted by Crippen LogP contribution is -1.96. The monoisotopic (exact) mass is 286 g/mol. The summed E-state index contributed by atoms with van der Waals surface area (Å²) in [4.78, 5) is 4.68. The summed E-state index contributed by atoms with van der Waals surface area (Å²) in [6, 6.07) is 10.9.